The summed E-state index contributed by atoms with van der Waals surface area (Å²) in [5.41, 5.74) is 5.95. The lowest BCUT2D eigenvalue weighted by Crippen LogP contribution is -2.50. The highest BCUT2D eigenvalue weighted by Crippen LogP contribution is 2.19. The molecule has 80 valence electrons. The van der Waals surface area contributed by atoms with Crippen LogP contribution >= 0.6 is 0 Å². The van der Waals surface area contributed by atoms with Gasteiger partial charge in [0.25, 0.3) is 0 Å². The molecule has 0 saturated carbocycles. The molecule has 1 aliphatic rings. The van der Waals surface area contributed by atoms with Gasteiger partial charge in [0, 0.05) is 18.6 Å². The minimum absolute atomic E-state index is 0.120. The fourth-order valence-corrected chi connectivity index (χ4v) is 2.23. The zero-order valence-electron chi connectivity index (χ0n) is 9.24. The standard InChI is InChI=1S/C11H21N3/c1-9(7-12)8-14-6-4-3-5-11(14)10(2)13/h9-11H,3-6,8,13H2,1-2H3. The van der Waals surface area contributed by atoms with E-state index in [1.54, 1.807) is 0 Å². The number of hydrogen-bond acceptors (Lipinski definition) is 3. The van der Waals surface area contributed by atoms with Crippen molar-refractivity contribution < 1.29 is 0 Å². The lowest BCUT2D eigenvalue weighted by Gasteiger charge is -2.38. The maximum atomic E-state index is 8.78. The quantitative estimate of drug-likeness (QED) is 0.739. The number of hydrogen-bond donors (Lipinski definition) is 1. The first-order chi connectivity index (χ1) is 6.65. The molecule has 1 saturated heterocycles. The van der Waals surface area contributed by atoms with Crippen LogP contribution in [0.15, 0.2) is 0 Å². The third kappa shape index (κ3) is 2.97. The Kier molecular flexibility index (Phi) is 4.37. The molecule has 2 N–H and O–H groups in total. The molecule has 3 nitrogen and oxygen atoms in total. The van der Waals surface area contributed by atoms with Crippen LogP contribution in [0.25, 0.3) is 0 Å². The molecule has 0 aromatic rings. The minimum atomic E-state index is 0.120. The van der Waals surface area contributed by atoms with Crippen LogP contribution in [0.5, 0.6) is 0 Å². The van der Waals surface area contributed by atoms with E-state index in [1.807, 2.05) is 6.92 Å². The van der Waals surface area contributed by atoms with Crippen molar-refractivity contribution in [2.75, 3.05) is 13.1 Å². The van der Waals surface area contributed by atoms with Crippen molar-refractivity contribution in [2.45, 2.75) is 45.2 Å². The topological polar surface area (TPSA) is 53.0 Å². The lowest BCUT2D eigenvalue weighted by atomic mass is 9.96. The maximum Gasteiger partial charge on any atom is 0.0666 e. The van der Waals surface area contributed by atoms with E-state index in [9.17, 15) is 0 Å². The van der Waals surface area contributed by atoms with Gasteiger partial charge in [0.1, 0.15) is 0 Å². The summed E-state index contributed by atoms with van der Waals surface area (Å²) in [5.74, 6) is 0.120. The molecule has 0 aromatic carbocycles. The summed E-state index contributed by atoms with van der Waals surface area (Å²) in [6.45, 7) is 6.04. The largest absolute Gasteiger partial charge is 0.327 e. The van der Waals surface area contributed by atoms with Crippen LogP contribution in [0.4, 0.5) is 0 Å². The first-order valence-electron chi connectivity index (χ1n) is 5.54. The summed E-state index contributed by atoms with van der Waals surface area (Å²) in [6, 6.07) is 3.00. The smallest absolute Gasteiger partial charge is 0.0666 e. The summed E-state index contributed by atoms with van der Waals surface area (Å²) in [5, 5.41) is 8.78. The lowest BCUT2D eigenvalue weighted by molar-refractivity contribution is 0.121. The van der Waals surface area contributed by atoms with Crippen molar-refractivity contribution in [2.24, 2.45) is 11.7 Å². The Bertz CT molecular complexity index is 207. The van der Waals surface area contributed by atoms with Crippen molar-refractivity contribution in [3.63, 3.8) is 0 Å². The predicted octanol–water partition coefficient (Wildman–Crippen LogP) is 1.35. The van der Waals surface area contributed by atoms with Crippen molar-refractivity contribution in [1.82, 2.24) is 4.90 Å². The number of piperidine rings is 1. The number of nitrogens with two attached hydrogens (primary N) is 1. The normalized spacial score (nSPS) is 28.0. The number of nitrogens with zero attached hydrogens (tertiary/aromatic N) is 2. The molecule has 0 bridgehead atoms. The second-order valence-electron chi connectivity index (χ2n) is 4.45. The molecular weight excluding hydrogens is 174 g/mol. The second-order valence-corrected chi connectivity index (χ2v) is 4.45. The Balaban J connectivity index is 2.50. The average molecular weight is 195 g/mol. The molecule has 3 heteroatoms. The third-order valence-corrected chi connectivity index (χ3v) is 3.00. The zero-order valence-corrected chi connectivity index (χ0v) is 9.24. The van der Waals surface area contributed by atoms with E-state index in [4.69, 9.17) is 11.0 Å². The van der Waals surface area contributed by atoms with Crippen LogP contribution in [-0.2, 0) is 0 Å². The SMILES string of the molecule is CC(C#N)CN1CCCCC1C(C)N. The van der Waals surface area contributed by atoms with E-state index in [-0.39, 0.29) is 12.0 Å². The first kappa shape index (κ1) is 11.5. The fourth-order valence-electron chi connectivity index (χ4n) is 2.23. The minimum Gasteiger partial charge on any atom is -0.327 e. The van der Waals surface area contributed by atoms with E-state index in [0.29, 0.717) is 6.04 Å². The van der Waals surface area contributed by atoms with Crippen LogP contribution in [0.1, 0.15) is 33.1 Å². The van der Waals surface area contributed by atoms with Crippen molar-refractivity contribution in [1.29, 1.82) is 5.26 Å². The summed E-state index contributed by atoms with van der Waals surface area (Å²) in [6.07, 6.45) is 3.72. The predicted molar refractivity (Wildman–Crippen MR) is 57.6 cm³/mol. The summed E-state index contributed by atoms with van der Waals surface area (Å²) < 4.78 is 0. The zero-order chi connectivity index (χ0) is 10.6. The van der Waals surface area contributed by atoms with Gasteiger partial charge in [-0.05, 0) is 33.2 Å². The molecule has 0 aliphatic carbocycles. The van der Waals surface area contributed by atoms with Gasteiger partial charge in [-0.1, -0.05) is 6.42 Å². The summed E-state index contributed by atoms with van der Waals surface area (Å²) in [7, 11) is 0. The van der Waals surface area contributed by atoms with E-state index in [0.717, 1.165) is 13.1 Å². The second kappa shape index (κ2) is 5.33. The Hall–Kier alpha value is -0.590. The molecule has 14 heavy (non-hydrogen) atoms. The van der Waals surface area contributed by atoms with Gasteiger partial charge < -0.3 is 5.73 Å². The highest BCUT2D eigenvalue weighted by atomic mass is 15.2. The van der Waals surface area contributed by atoms with E-state index < -0.39 is 0 Å². The highest BCUT2D eigenvalue weighted by molar-refractivity contribution is 4.88. The maximum absolute atomic E-state index is 8.78. The molecule has 1 aliphatic heterocycles. The Labute approximate surface area is 86.9 Å². The van der Waals surface area contributed by atoms with Gasteiger partial charge in [-0.25, -0.2) is 0 Å². The molecule has 3 atom stereocenters. The van der Waals surface area contributed by atoms with Crippen LogP contribution < -0.4 is 5.73 Å². The summed E-state index contributed by atoms with van der Waals surface area (Å²) in [4.78, 5) is 2.39. The number of rotatable bonds is 3. The molecule has 0 aromatic heterocycles. The van der Waals surface area contributed by atoms with Crippen LogP contribution in [0.3, 0.4) is 0 Å². The van der Waals surface area contributed by atoms with Crippen molar-refractivity contribution >= 4 is 0 Å². The van der Waals surface area contributed by atoms with Gasteiger partial charge in [0.2, 0.25) is 0 Å². The molecule has 0 amide bonds. The van der Waals surface area contributed by atoms with Crippen LogP contribution in [0, 0.1) is 17.2 Å². The average Bonchev–Trinajstić information content (AvgIpc) is 2.18. The molecular formula is C11H21N3. The number of likely N-dealkylation sites (tertiary alicyclic amines) is 1. The van der Waals surface area contributed by atoms with Crippen molar-refractivity contribution in [3.8, 4) is 6.07 Å². The van der Waals surface area contributed by atoms with Crippen LogP contribution in [-0.4, -0.2) is 30.1 Å². The molecule has 1 fully saturated rings. The third-order valence-electron chi connectivity index (χ3n) is 3.00. The van der Waals surface area contributed by atoms with Gasteiger partial charge >= 0.3 is 0 Å². The van der Waals surface area contributed by atoms with Gasteiger partial charge in [-0.3, -0.25) is 4.90 Å². The van der Waals surface area contributed by atoms with E-state index >= 15 is 0 Å². The highest BCUT2D eigenvalue weighted by Gasteiger charge is 2.26. The molecule has 1 rings (SSSR count). The molecule has 0 radical (unpaired) electrons. The molecule has 1 heterocycles. The first-order valence-corrected chi connectivity index (χ1v) is 5.54. The van der Waals surface area contributed by atoms with Crippen molar-refractivity contribution in [3.05, 3.63) is 0 Å². The van der Waals surface area contributed by atoms with Gasteiger partial charge in [-0.2, -0.15) is 5.26 Å². The Morgan fingerprint density at radius 3 is 2.79 bits per heavy atom. The van der Waals surface area contributed by atoms with Gasteiger partial charge in [-0.15, -0.1) is 0 Å². The Morgan fingerprint density at radius 1 is 1.50 bits per heavy atom. The summed E-state index contributed by atoms with van der Waals surface area (Å²) >= 11 is 0. The molecule has 0 spiro atoms. The van der Waals surface area contributed by atoms with Gasteiger partial charge in [0.05, 0.1) is 12.0 Å². The van der Waals surface area contributed by atoms with E-state index in [1.165, 1.54) is 19.3 Å². The molecule has 3 unspecified atom stereocenters. The fraction of sp³-hybridized carbons (Fsp3) is 0.909. The monoisotopic (exact) mass is 195 g/mol. The van der Waals surface area contributed by atoms with E-state index in [2.05, 4.69) is 17.9 Å². The van der Waals surface area contributed by atoms with Gasteiger partial charge in [0.15, 0.2) is 0 Å². The Morgan fingerprint density at radius 2 is 2.21 bits per heavy atom. The number of nitriles is 1. The van der Waals surface area contributed by atoms with Crippen LogP contribution in [0.2, 0.25) is 0 Å².